The second kappa shape index (κ2) is 8.61. The van der Waals surface area contributed by atoms with Crippen LogP contribution < -0.4 is 4.74 Å². The molecule has 0 unspecified atom stereocenters. The second-order valence-electron chi connectivity index (χ2n) is 5.22. The third-order valence-corrected chi connectivity index (χ3v) is 4.57. The molecular formula is C17H12Cl3F4NO2. The lowest BCUT2D eigenvalue weighted by Gasteiger charge is -2.10. The number of methoxy groups -OCH3 is 1. The highest BCUT2D eigenvalue weighted by molar-refractivity contribution is 6.40. The Kier molecular flexibility index (Phi) is 6.92. The van der Waals surface area contributed by atoms with Crippen LogP contribution in [0.1, 0.15) is 5.69 Å². The monoisotopic (exact) mass is 443 g/mol. The van der Waals surface area contributed by atoms with Gasteiger partial charge in [0, 0.05) is 25.3 Å². The normalized spacial score (nSPS) is 11.3. The van der Waals surface area contributed by atoms with E-state index in [4.69, 9.17) is 44.3 Å². The maximum atomic E-state index is 14.4. The summed E-state index contributed by atoms with van der Waals surface area (Å²) in [6.07, 6.45) is -4.77. The molecule has 2 aromatic rings. The minimum absolute atomic E-state index is 0.0179. The van der Waals surface area contributed by atoms with Gasteiger partial charge in [-0.05, 0) is 12.1 Å². The summed E-state index contributed by atoms with van der Waals surface area (Å²) in [6.45, 7) is 0.111. The molecule has 1 aromatic heterocycles. The van der Waals surface area contributed by atoms with E-state index in [2.05, 4.69) is 11.8 Å². The third-order valence-electron chi connectivity index (χ3n) is 3.46. The van der Waals surface area contributed by atoms with Crippen molar-refractivity contribution in [2.24, 2.45) is 7.05 Å². The van der Waals surface area contributed by atoms with E-state index in [1.54, 1.807) is 0 Å². The van der Waals surface area contributed by atoms with Gasteiger partial charge in [0.25, 0.3) is 0 Å². The van der Waals surface area contributed by atoms with Crippen LogP contribution >= 0.6 is 34.8 Å². The van der Waals surface area contributed by atoms with Gasteiger partial charge in [0.2, 0.25) is 0 Å². The number of ether oxygens (including phenoxy) is 2. The molecule has 3 nitrogen and oxygen atoms in total. The molecule has 1 aromatic carbocycles. The molecule has 0 aliphatic rings. The lowest BCUT2D eigenvalue weighted by atomic mass is 10.1. The fraction of sp³-hybridized carbons (Fsp3) is 0.294. The number of rotatable bonds is 4. The fourth-order valence-corrected chi connectivity index (χ4v) is 3.24. The zero-order valence-corrected chi connectivity index (χ0v) is 16.2. The molecule has 0 saturated carbocycles. The molecule has 1 heterocycles. The van der Waals surface area contributed by atoms with Gasteiger partial charge in [-0.1, -0.05) is 46.6 Å². The molecule has 0 atom stereocenters. The first-order chi connectivity index (χ1) is 12.6. The lowest BCUT2D eigenvalue weighted by Crippen LogP contribution is -2.11. The minimum atomic E-state index is -4.77. The Morgan fingerprint density at radius 2 is 1.74 bits per heavy atom. The zero-order chi connectivity index (χ0) is 20.4. The van der Waals surface area contributed by atoms with Crippen molar-refractivity contribution in [3.8, 4) is 28.7 Å². The van der Waals surface area contributed by atoms with Crippen molar-refractivity contribution < 1.29 is 27.0 Å². The highest BCUT2D eigenvalue weighted by Crippen LogP contribution is 2.47. The number of benzene rings is 1. The summed E-state index contributed by atoms with van der Waals surface area (Å²) >= 11 is 17.8. The molecule has 0 N–H and O–H groups in total. The van der Waals surface area contributed by atoms with Crippen molar-refractivity contribution in [1.82, 2.24) is 4.57 Å². The predicted octanol–water partition coefficient (Wildman–Crippen LogP) is 5.84. The van der Waals surface area contributed by atoms with Gasteiger partial charge in [0.1, 0.15) is 35.6 Å². The van der Waals surface area contributed by atoms with E-state index in [1.807, 2.05) is 0 Å². The number of nitrogens with zero attached hydrogens (tertiary/aromatic N) is 1. The van der Waals surface area contributed by atoms with Crippen LogP contribution in [-0.4, -0.2) is 24.9 Å². The molecule has 146 valence electrons. The quantitative estimate of drug-likeness (QED) is 0.437. The van der Waals surface area contributed by atoms with E-state index in [0.29, 0.717) is 4.57 Å². The maximum Gasteiger partial charge on any atom is 0.432 e. The first kappa shape index (κ1) is 21.7. The van der Waals surface area contributed by atoms with Gasteiger partial charge < -0.3 is 14.0 Å². The van der Waals surface area contributed by atoms with E-state index in [1.165, 1.54) is 7.11 Å². The second-order valence-corrected chi connectivity index (χ2v) is 6.37. The third kappa shape index (κ3) is 4.64. The number of alkyl halides is 3. The number of halogens is 7. The van der Waals surface area contributed by atoms with Crippen LogP contribution in [0.2, 0.25) is 15.2 Å². The van der Waals surface area contributed by atoms with Crippen LogP contribution in [0.5, 0.6) is 5.75 Å². The van der Waals surface area contributed by atoms with Crippen molar-refractivity contribution in [3.63, 3.8) is 0 Å². The van der Waals surface area contributed by atoms with Crippen LogP contribution in [0.3, 0.4) is 0 Å². The Hall–Kier alpha value is -1.59. The maximum absolute atomic E-state index is 14.4. The molecule has 0 amide bonds. The summed E-state index contributed by atoms with van der Waals surface area (Å²) in [5.41, 5.74) is -1.77. The van der Waals surface area contributed by atoms with E-state index in [0.717, 1.165) is 19.2 Å². The van der Waals surface area contributed by atoms with Crippen LogP contribution in [0.4, 0.5) is 17.6 Å². The van der Waals surface area contributed by atoms with E-state index < -0.39 is 22.7 Å². The van der Waals surface area contributed by atoms with Crippen LogP contribution in [0, 0.1) is 17.7 Å². The molecule has 2 rings (SSSR count). The SMILES string of the molecule is COCC#CCOc1cc(-c2c(Cl)c(C(F)(F)F)n(C)c2Cl)c(F)cc1Cl. The number of aromatic nitrogens is 1. The summed E-state index contributed by atoms with van der Waals surface area (Å²) in [6, 6.07) is 2.03. The molecule has 10 heteroatoms. The molecule has 0 spiro atoms. The molecule has 0 aliphatic carbocycles. The average molecular weight is 445 g/mol. The Balaban J connectivity index is 2.51. The largest absolute Gasteiger partial charge is 0.479 e. The van der Waals surface area contributed by atoms with Crippen molar-refractivity contribution >= 4 is 34.8 Å². The fourth-order valence-electron chi connectivity index (χ4n) is 2.29. The molecule has 0 aliphatic heterocycles. The summed E-state index contributed by atoms with van der Waals surface area (Å²) in [5.74, 6) is 4.40. The smallest absolute Gasteiger partial charge is 0.432 e. The molecule has 27 heavy (non-hydrogen) atoms. The summed E-state index contributed by atoms with van der Waals surface area (Å²) in [7, 11) is 2.55. The van der Waals surface area contributed by atoms with Crippen LogP contribution in [0.15, 0.2) is 12.1 Å². The topological polar surface area (TPSA) is 23.4 Å². The Morgan fingerprint density at radius 3 is 2.30 bits per heavy atom. The average Bonchev–Trinajstić information content (AvgIpc) is 2.79. The molecular weight excluding hydrogens is 433 g/mol. The minimum Gasteiger partial charge on any atom is -0.479 e. The highest BCUT2D eigenvalue weighted by Gasteiger charge is 2.40. The number of hydrogen-bond donors (Lipinski definition) is 0. The highest BCUT2D eigenvalue weighted by atomic mass is 35.5. The van der Waals surface area contributed by atoms with E-state index in [9.17, 15) is 17.6 Å². The molecule has 0 bridgehead atoms. The van der Waals surface area contributed by atoms with Gasteiger partial charge in [-0.25, -0.2) is 4.39 Å². The number of hydrogen-bond acceptors (Lipinski definition) is 2. The van der Waals surface area contributed by atoms with Crippen molar-refractivity contribution in [2.45, 2.75) is 6.18 Å². The van der Waals surface area contributed by atoms with Gasteiger partial charge in [-0.15, -0.1) is 0 Å². The van der Waals surface area contributed by atoms with Gasteiger partial charge in [0.15, 0.2) is 0 Å². The Bertz CT molecular complexity index is 914. The van der Waals surface area contributed by atoms with Gasteiger partial charge in [-0.2, -0.15) is 13.2 Å². The molecule has 0 fully saturated rings. The zero-order valence-electron chi connectivity index (χ0n) is 14.0. The van der Waals surface area contributed by atoms with Crippen molar-refractivity contribution in [3.05, 3.63) is 38.8 Å². The van der Waals surface area contributed by atoms with E-state index in [-0.39, 0.29) is 40.3 Å². The van der Waals surface area contributed by atoms with Crippen molar-refractivity contribution in [1.29, 1.82) is 0 Å². The summed E-state index contributed by atoms with van der Waals surface area (Å²) < 4.78 is 64.8. The van der Waals surface area contributed by atoms with E-state index >= 15 is 0 Å². The van der Waals surface area contributed by atoms with Crippen molar-refractivity contribution in [2.75, 3.05) is 20.3 Å². The predicted molar refractivity (Wildman–Crippen MR) is 96.0 cm³/mol. The molecule has 0 radical (unpaired) electrons. The standard InChI is InChI=1S/C17H12Cl3F4NO2/c1-25-15(17(22,23)24)14(19)13(16(25)20)9-7-12(10(18)8-11(9)21)27-6-4-3-5-26-2/h7-8H,5-6H2,1-2H3. The first-order valence-electron chi connectivity index (χ1n) is 7.27. The van der Waals surface area contributed by atoms with Gasteiger partial charge in [-0.3, -0.25) is 0 Å². The summed E-state index contributed by atoms with van der Waals surface area (Å²) in [4.78, 5) is 0. The first-order valence-corrected chi connectivity index (χ1v) is 8.40. The molecule has 0 saturated heterocycles. The lowest BCUT2D eigenvalue weighted by molar-refractivity contribution is -0.142. The van der Waals surface area contributed by atoms with Crippen LogP contribution in [0.25, 0.3) is 11.1 Å². The van der Waals surface area contributed by atoms with Gasteiger partial charge in [0.05, 0.1) is 10.0 Å². The van der Waals surface area contributed by atoms with Gasteiger partial charge >= 0.3 is 6.18 Å². The Morgan fingerprint density at radius 1 is 1.11 bits per heavy atom. The Labute approximate surface area is 167 Å². The van der Waals surface area contributed by atoms with Crippen LogP contribution in [-0.2, 0) is 18.0 Å². The summed E-state index contributed by atoms with van der Waals surface area (Å²) in [5, 5.41) is -1.18.